The van der Waals surface area contributed by atoms with Gasteiger partial charge in [0.1, 0.15) is 5.82 Å². The number of fused-ring (bicyclic) bond motifs is 2. The average Bonchev–Trinajstić information content (AvgIpc) is 3.40. The van der Waals surface area contributed by atoms with E-state index < -0.39 is 5.97 Å². The Balaban J connectivity index is 0.00000118. The molecule has 0 radical (unpaired) electrons. The summed E-state index contributed by atoms with van der Waals surface area (Å²) in [7, 11) is 0. The van der Waals surface area contributed by atoms with Crippen molar-refractivity contribution < 1.29 is 19.0 Å². The highest BCUT2D eigenvalue weighted by atomic mass is 32.1. The molecule has 7 rings (SSSR count). The smallest absolute Gasteiger partial charge is 0.306 e. The number of halogens is 1. The van der Waals surface area contributed by atoms with Gasteiger partial charge in [-0.05, 0) is 98.2 Å². The highest BCUT2D eigenvalue weighted by Gasteiger charge is 2.56. The highest BCUT2D eigenvalue weighted by Crippen LogP contribution is 2.65. The first-order valence-electron chi connectivity index (χ1n) is 13.0. The number of hydrogen-bond acceptors (Lipinski definition) is 3. The largest absolute Gasteiger partial charge is 0.481 e. The summed E-state index contributed by atoms with van der Waals surface area (Å²) in [6, 6.07) is 9.84. The molecular weight excluding hydrogens is 533 g/mol. The van der Waals surface area contributed by atoms with Gasteiger partial charge in [0.25, 0.3) is 0 Å². The molecule has 0 bridgehead atoms. The number of rotatable bonds is 4. The zero-order valence-corrected chi connectivity index (χ0v) is 23.4. The van der Waals surface area contributed by atoms with E-state index in [-0.39, 0.29) is 51.6 Å². The van der Waals surface area contributed by atoms with Crippen LogP contribution in [-0.4, -0.2) is 39.1 Å². The van der Waals surface area contributed by atoms with Crippen LogP contribution in [0.1, 0.15) is 74.6 Å². The van der Waals surface area contributed by atoms with Crippen molar-refractivity contribution in [1.29, 1.82) is 0 Å². The van der Waals surface area contributed by atoms with Gasteiger partial charge in [0, 0.05) is 41.3 Å². The van der Waals surface area contributed by atoms with Crippen molar-refractivity contribution in [1.82, 2.24) is 14.8 Å². The zero-order chi connectivity index (χ0) is 24.6. The Kier molecular flexibility index (Phi) is 8.18. The van der Waals surface area contributed by atoms with Gasteiger partial charge in [-0.2, -0.15) is 32.1 Å². The number of aryl methyl sites for hydroxylation is 1. The van der Waals surface area contributed by atoms with Crippen LogP contribution in [0.3, 0.4) is 0 Å². The molecule has 2 aromatic carbocycles. The van der Waals surface area contributed by atoms with Gasteiger partial charge in [-0.3, -0.25) is 9.89 Å². The minimum atomic E-state index is -0.656. The van der Waals surface area contributed by atoms with E-state index >= 15 is 0 Å². The van der Waals surface area contributed by atoms with Crippen molar-refractivity contribution in [2.75, 3.05) is 13.2 Å². The third-order valence-corrected chi connectivity index (χ3v) is 9.09. The maximum absolute atomic E-state index is 14.3. The van der Waals surface area contributed by atoms with Crippen molar-refractivity contribution in [3.63, 3.8) is 0 Å². The Morgan fingerprint density at radius 2 is 1.82 bits per heavy atom. The van der Waals surface area contributed by atoms with Crippen molar-refractivity contribution in [2.45, 2.75) is 64.7 Å². The predicted molar refractivity (Wildman–Crippen MR) is 163 cm³/mol. The quantitative estimate of drug-likeness (QED) is 0.275. The fraction of sp³-hybridized carbons (Fsp3) is 0.467. The molecule has 0 unspecified atom stereocenters. The first-order valence-corrected chi connectivity index (χ1v) is 13.0. The summed E-state index contributed by atoms with van der Waals surface area (Å²) < 4.78 is 22.4. The van der Waals surface area contributed by atoms with Crippen molar-refractivity contribution in [2.24, 2.45) is 11.3 Å². The third kappa shape index (κ3) is 4.66. The normalized spacial score (nSPS) is 24.4. The molecule has 9 heteroatoms. The van der Waals surface area contributed by atoms with Crippen LogP contribution in [0.5, 0.6) is 0 Å². The molecule has 0 atom stereocenters. The molecule has 3 aliphatic rings. The summed E-state index contributed by atoms with van der Waals surface area (Å²) in [5.74, 6) is -0.291. The number of carboxylic acids is 1. The van der Waals surface area contributed by atoms with E-state index in [4.69, 9.17) is 4.74 Å². The Labute approximate surface area is 242 Å². The first-order chi connectivity index (χ1) is 17.4. The number of aromatic amines is 1. The molecule has 6 nitrogen and oxygen atoms in total. The Hall–Kier alpha value is -2.49. The molecule has 2 N–H and O–H groups in total. The van der Waals surface area contributed by atoms with Crippen LogP contribution in [0.2, 0.25) is 0 Å². The lowest BCUT2D eigenvalue weighted by Crippen LogP contribution is -2.49. The molecule has 210 valence electrons. The van der Waals surface area contributed by atoms with Gasteiger partial charge in [0.2, 0.25) is 0 Å². The number of benzene rings is 2. The number of nitrogens with one attached hydrogen (secondary N) is 1. The van der Waals surface area contributed by atoms with E-state index in [9.17, 15) is 14.3 Å². The van der Waals surface area contributed by atoms with E-state index in [0.717, 1.165) is 73.8 Å². The summed E-state index contributed by atoms with van der Waals surface area (Å²) in [6.07, 6.45) is 7.45. The second kappa shape index (κ2) is 10.8. The second-order valence-electron chi connectivity index (χ2n) is 11.3. The number of nitrogens with zero attached hydrogens (tertiary/aromatic N) is 2. The van der Waals surface area contributed by atoms with Gasteiger partial charge in [0.15, 0.2) is 0 Å². The minimum absolute atomic E-state index is 0. The number of ether oxygens (including phenoxy) is 1. The minimum Gasteiger partial charge on any atom is -0.481 e. The summed E-state index contributed by atoms with van der Waals surface area (Å²) in [5, 5.41) is 19.1. The SMILES string of the molecule is C.Cc1cc(-n2c(C3CCOCC3)c(C3CC4(CC(C(=O)O)C4)C3)c3cc4[nH]ncc4cc32)ccc1F.S.S. The first kappa shape index (κ1) is 29.5. The molecule has 3 fully saturated rings. The number of carbonyl (C=O) groups is 1. The summed E-state index contributed by atoms with van der Waals surface area (Å²) >= 11 is 0. The molecule has 0 amide bonds. The monoisotopic (exact) mass is 571 g/mol. The van der Waals surface area contributed by atoms with Crippen molar-refractivity contribution >= 4 is 54.8 Å². The van der Waals surface area contributed by atoms with Crippen molar-refractivity contribution in [3.8, 4) is 5.69 Å². The van der Waals surface area contributed by atoms with Gasteiger partial charge < -0.3 is 14.4 Å². The molecular formula is C30H38FN3O3S2. The van der Waals surface area contributed by atoms with Gasteiger partial charge >= 0.3 is 5.97 Å². The van der Waals surface area contributed by atoms with E-state index in [0.29, 0.717) is 17.4 Å². The summed E-state index contributed by atoms with van der Waals surface area (Å²) in [5.41, 5.74) is 6.66. The van der Waals surface area contributed by atoms with E-state index in [1.807, 2.05) is 25.3 Å². The number of aromatic nitrogens is 3. The molecule has 1 spiro atoms. The maximum atomic E-state index is 14.3. The fourth-order valence-electron chi connectivity index (χ4n) is 7.30. The lowest BCUT2D eigenvalue weighted by atomic mass is 9.47. The van der Waals surface area contributed by atoms with Gasteiger partial charge in [-0.1, -0.05) is 7.43 Å². The van der Waals surface area contributed by atoms with Crippen LogP contribution in [0.4, 0.5) is 4.39 Å². The summed E-state index contributed by atoms with van der Waals surface area (Å²) in [4.78, 5) is 11.5. The Bertz CT molecular complexity index is 1510. The van der Waals surface area contributed by atoms with Crippen LogP contribution < -0.4 is 0 Å². The topological polar surface area (TPSA) is 80.1 Å². The third-order valence-electron chi connectivity index (χ3n) is 9.09. The van der Waals surface area contributed by atoms with E-state index in [2.05, 4.69) is 26.9 Å². The molecule has 2 aromatic heterocycles. The van der Waals surface area contributed by atoms with Crippen LogP contribution in [-0.2, 0) is 9.53 Å². The molecule has 1 saturated heterocycles. The molecule has 3 heterocycles. The average molecular weight is 572 g/mol. The van der Waals surface area contributed by atoms with Crippen LogP contribution in [0.15, 0.2) is 36.5 Å². The standard InChI is InChI=1S/C29H30FN3O3.CH4.2H2S/c1-16-8-21(2-3-23(16)30)33-25-9-18-15-31-32-24(18)10-22(25)26(27(33)17-4-6-36-7-5-17)19-11-29(12-19)13-20(14-29)28(34)35;;;/h2-3,8-10,15,17,19-20H,4-7,11-14H2,1H3,(H,31,32)(H,34,35);1H4;2*1H2. The van der Waals surface area contributed by atoms with E-state index in [1.165, 1.54) is 16.6 Å². The Morgan fingerprint density at radius 3 is 2.49 bits per heavy atom. The lowest BCUT2D eigenvalue weighted by molar-refractivity contribution is -0.155. The highest BCUT2D eigenvalue weighted by molar-refractivity contribution is 7.59. The number of H-pyrrole nitrogens is 1. The summed E-state index contributed by atoms with van der Waals surface area (Å²) in [6.45, 7) is 3.31. The van der Waals surface area contributed by atoms with E-state index in [1.54, 1.807) is 6.07 Å². The second-order valence-corrected chi connectivity index (χ2v) is 11.3. The lowest BCUT2D eigenvalue weighted by Gasteiger charge is -2.57. The van der Waals surface area contributed by atoms with Crippen LogP contribution in [0, 0.1) is 24.1 Å². The molecule has 2 saturated carbocycles. The van der Waals surface area contributed by atoms with Crippen LogP contribution in [0.25, 0.3) is 27.5 Å². The molecule has 4 aromatic rings. The van der Waals surface area contributed by atoms with Gasteiger partial charge in [-0.15, -0.1) is 0 Å². The fourth-order valence-corrected chi connectivity index (χ4v) is 7.30. The zero-order valence-electron chi connectivity index (χ0n) is 21.4. The van der Waals surface area contributed by atoms with Crippen LogP contribution >= 0.6 is 27.0 Å². The number of aliphatic carboxylic acids is 1. The maximum Gasteiger partial charge on any atom is 0.306 e. The molecule has 1 aliphatic heterocycles. The number of hydrogen-bond donors (Lipinski definition) is 2. The Morgan fingerprint density at radius 1 is 1.10 bits per heavy atom. The predicted octanol–water partition coefficient (Wildman–Crippen LogP) is 7.07. The molecule has 2 aliphatic carbocycles. The number of carboxylic acid groups (broad SMARTS) is 1. The molecule has 39 heavy (non-hydrogen) atoms. The van der Waals surface area contributed by atoms with Crippen molar-refractivity contribution in [3.05, 3.63) is 59.2 Å². The van der Waals surface area contributed by atoms with Gasteiger partial charge in [-0.25, -0.2) is 4.39 Å². The van der Waals surface area contributed by atoms with Gasteiger partial charge in [0.05, 0.1) is 23.1 Å².